The number of aliphatic hydroxyl groups excluding tert-OH is 3. The Balaban J connectivity index is 0.00000380. The number of fused-ring (bicyclic) bond motifs is 1. The van der Waals surface area contributed by atoms with Crippen molar-refractivity contribution in [2.24, 2.45) is 5.92 Å². The summed E-state index contributed by atoms with van der Waals surface area (Å²) in [7, 11) is -5.10. The number of rotatable bonds is 11. The van der Waals surface area contributed by atoms with Gasteiger partial charge >= 0.3 is 59.1 Å². The minimum absolute atomic E-state index is 0. The molecule has 1 aliphatic heterocycles. The van der Waals surface area contributed by atoms with E-state index in [0.717, 1.165) is 10.9 Å². The number of carboxylic acid groups (broad SMARTS) is 1. The van der Waals surface area contributed by atoms with Crippen LogP contribution < -0.4 is 79.5 Å². The maximum absolute atomic E-state index is 13.0. The van der Waals surface area contributed by atoms with Gasteiger partial charge in [0.1, 0.15) is 18.3 Å². The van der Waals surface area contributed by atoms with E-state index in [4.69, 9.17) is 9.26 Å². The third kappa shape index (κ3) is 9.86. The predicted octanol–water partition coefficient (Wildman–Crippen LogP) is -7.73. The van der Waals surface area contributed by atoms with Crippen LogP contribution >= 0.6 is 7.75 Å². The first-order valence-corrected chi connectivity index (χ1v) is 13.4. The monoisotopic (exact) mass is 587 g/mol. The second-order valence-corrected chi connectivity index (χ2v) is 11.0. The molecule has 39 heavy (non-hydrogen) atoms. The number of benzene rings is 1. The van der Waals surface area contributed by atoms with Crippen LogP contribution in [0.3, 0.4) is 0 Å². The number of H-pyrrole nitrogens is 1. The van der Waals surface area contributed by atoms with Gasteiger partial charge in [0.15, 0.2) is 6.29 Å². The summed E-state index contributed by atoms with van der Waals surface area (Å²) in [5.41, 5.74) is 1.40. The number of aromatic nitrogens is 1. The van der Waals surface area contributed by atoms with Gasteiger partial charge in [-0.1, -0.05) is 32.0 Å². The van der Waals surface area contributed by atoms with Gasteiger partial charge in [-0.05, 0) is 30.9 Å². The third-order valence-corrected chi connectivity index (χ3v) is 7.20. The van der Waals surface area contributed by atoms with Crippen molar-refractivity contribution in [3.63, 3.8) is 0 Å². The summed E-state index contributed by atoms with van der Waals surface area (Å²) in [5, 5.41) is 46.7. The van der Waals surface area contributed by atoms with E-state index in [1.54, 1.807) is 32.2 Å². The molecule has 1 aromatic carbocycles. The van der Waals surface area contributed by atoms with Gasteiger partial charge in [-0.3, -0.25) is 13.9 Å². The molecular weight excluding hydrogens is 555 g/mol. The summed E-state index contributed by atoms with van der Waals surface area (Å²) in [6.07, 6.45) is -6.47. The predicted molar refractivity (Wildman–Crippen MR) is 126 cm³/mol. The van der Waals surface area contributed by atoms with E-state index in [2.05, 4.69) is 15.4 Å². The number of aromatic amines is 1. The Morgan fingerprint density at radius 1 is 1.13 bits per heavy atom. The quantitative estimate of drug-likeness (QED) is 0.107. The number of carbonyl (C=O) groups is 2. The molecule has 0 spiro atoms. The smallest absolute Gasteiger partial charge is 0.766 e. The maximum Gasteiger partial charge on any atom is 1.00 e. The molecule has 1 amide bonds. The fourth-order valence-electron chi connectivity index (χ4n) is 4.13. The summed E-state index contributed by atoms with van der Waals surface area (Å²) >= 11 is 0. The molecule has 0 bridgehead atoms. The molecule has 3 rings (SSSR count). The Morgan fingerprint density at radius 3 is 2.38 bits per heavy atom. The van der Waals surface area contributed by atoms with Crippen LogP contribution in [0.1, 0.15) is 32.8 Å². The maximum atomic E-state index is 13.0. The average molecular weight is 587 g/mol. The number of hydrogen-bond acceptors (Lipinski definition) is 10. The van der Waals surface area contributed by atoms with Crippen LogP contribution in [-0.2, 0) is 29.8 Å². The Kier molecular flexibility index (Phi) is 14.8. The van der Waals surface area contributed by atoms with Gasteiger partial charge in [-0.2, -0.15) is 0 Å². The molecule has 206 valence electrons. The molecule has 6 N–H and O–H groups in total. The van der Waals surface area contributed by atoms with Crippen molar-refractivity contribution in [2.75, 3.05) is 0 Å². The summed E-state index contributed by atoms with van der Waals surface area (Å²) in [4.78, 5) is 40.6. The zero-order valence-corrected chi connectivity index (χ0v) is 27.5. The van der Waals surface area contributed by atoms with Crippen molar-refractivity contribution in [3.05, 3.63) is 36.0 Å². The van der Waals surface area contributed by atoms with Gasteiger partial charge in [0.25, 0.3) is 0 Å². The van der Waals surface area contributed by atoms with Gasteiger partial charge in [-0.25, -0.2) is 5.09 Å². The van der Waals surface area contributed by atoms with Gasteiger partial charge in [0.2, 0.25) is 13.7 Å². The number of hydrogen-bond donors (Lipinski definition) is 6. The van der Waals surface area contributed by atoms with Crippen molar-refractivity contribution in [2.45, 2.75) is 76.4 Å². The fourth-order valence-corrected chi connectivity index (χ4v) is 5.25. The Labute approximate surface area is 270 Å². The van der Waals surface area contributed by atoms with Crippen LogP contribution in [0.2, 0.25) is 0 Å². The van der Waals surface area contributed by atoms with E-state index in [1.807, 2.05) is 12.1 Å². The molecule has 0 aliphatic carbocycles. The molecule has 0 saturated carbocycles. The normalized spacial score (nSPS) is 26.1. The van der Waals surface area contributed by atoms with Crippen molar-refractivity contribution < 1.29 is 108 Å². The zero-order chi connectivity index (χ0) is 27.5. The molecule has 1 aromatic heterocycles. The zero-order valence-electron chi connectivity index (χ0n) is 22.6. The van der Waals surface area contributed by atoms with E-state index >= 15 is 0 Å². The molecular formula is C23H32N3Na2O10P. The first kappa shape index (κ1) is 36.7. The summed E-state index contributed by atoms with van der Waals surface area (Å²) in [6, 6.07) is 4.31. The molecule has 1 unspecified atom stereocenters. The van der Waals surface area contributed by atoms with Crippen LogP contribution in [0, 0.1) is 5.92 Å². The molecule has 8 atom stereocenters. The number of nitrogens with one attached hydrogen (secondary N) is 3. The average Bonchev–Trinajstić information content (AvgIpc) is 3.22. The molecule has 16 heteroatoms. The van der Waals surface area contributed by atoms with Crippen molar-refractivity contribution >= 4 is 30.5 Å². The third-order valence-electron chi connectivity index (χ3n) is 6.09. The number of carbonyl (C=O) groups excluding carboxylic acids is 2. The van der Waals surface area contributed by atoms with Crippen LogP contribution in [-0.4, -0.2) is 75.0 Å². The molecule has 0 radical (unpaired) electrons. The van der Waals surface area contributed by atoms with Gasteiger partial charge in [0.05, 0.1) is 24.2 Å². The van der Waals surface area contributed by atoms with Gasteiger partial charge in [-0.15, -0.1) is 0 Å². The number of amides is 1. The Morgan fingerprint density at radius 2 is 1.77 bits per heavy atom. The van der Waals surface area contributed by atoms with E-state index < -0.39 is 62.4 Å². The molecule has 1 saturated heterocycles. The van der Waals surface area contributed by atoms with E-state index in [1.165, 1.54) is 6.92 Å². The van der Waals surface area contributed by atoms with E-state index in [9.17, 15) is 39.5 Å². The largest absolute Gasteiger partial charge is 1.00 e. The van der Waals surface area contributed by atoms with Crippen LogP contribution in [0.15, 0.2) is 30.5 Å². The number of aliphatic carboxylic acids is 1. The summed E-state index contributed by atoms with van der Waals surface area (Å²) in [5.74, 6) is -2.66. The number of aliphatic hydroxyl groups is 3. The van der Waals surface area contributed by atoms with Crippen LogP contribution in [0.4, 0.5) is 0 Å². The number of carboxylic acids is 1. The topological polar surface area (TPSA) is 216 Å². The fraction of sp³-hybridized carbons (Fsp3) is 0.565. The Hall–Kier alpha value is -0.350. The molecule has 2 heterocycles. The van der Waals surface area contributed by atoms with Crippen molar-refractivity contribution in [1.29, 1.82) is 0 Å². The second-order valence-electron chi connectivity index (χ2n) is 9.54. The van der Waals surface area contributed by atoms with Crippen molar-refractivity contribution in [3.8, 4) is 0 Å². The van der Waals surface area contributed by atoms with Crippen molar-refractivity contribution in [1.82, 2.24) is 15.4 Å². The minimum atomic E-state index is -5.10. The van der Waals surface area contributed by atoms with Gasteiger partial charge in [0, 0.05) is 23.5 Å². The number of para-hydroxylation sites is 1. The van der Waals surface area contributed by atoms with Crippen LogP contribution in [0.5, 0.6) is 0 Å². The standard InChI is InChI=1S/C23H34N3O10P.2Na/c1-11(2)8-16(26-37(33,34)36-23-20(29)19(28)18(27)12(3)35-23)21(30)25-17(22(31)32)9-13-10-24-15-7-5-4-6-14(13)15;;/h4-7,10-12,16-20,23-24,27-29H,8-9H2,1-3H3,(H,25,30)(H,31,32)(H2,26,33,34);;/q;2*+1/p-2/t12-,16+,17+,18-,19+,20+,23-;;/m1../s1. The first-order chi connectivity index (χ1) is 17.3. The first-order valence-electron chi connectivity index (χ1n) is 11.8. The Bertz CT molecular complexity index is 1150. The summed E-state index contributed by atoms with van der Waals surface area (Å²) in [6.45, 7) is 4.81. The molecule has 1 fully saturated rings. The SMILES string of the molecule is CC(C)C[C@H](NP(=O)([O-])O[C@H]1O[C@H](C)[C@@H](O)[C@H](O)[C@@H]1O)C(=O)N[C@@H](Cc1c[nH]c2ccccc12)C(=O)[O-].[Na+].[Na+]. The molecule has 1 aliphatic rings. The minimum Gasteiger partial charge on any atom is -0.766 e. The van der Waals surface area contributed by atoms with E-state index in [-0.39, 0.29) is 77.9 Å². The second kappa shape index (κ2) is 15.8. The van der Waals surface area contributed by atoms with Crippen LogP contribution in [0.25, 0.3) is 10.9 Å². The molecule has 13 nitrogen and oxygen atoms in total. The number of ether oxygens (including phenoxy) is 1. The van der Waals surface area contributed by atoms with E-state index in [0.29, 0.717) is 5.56 Å². The van der Waals surface area contributed by atoms with Gasteiger partial charge < -0.3 is 45.2 Å². The summed E-state index contributed by atoms with van der Waals surface area (Å²) < 4.78 is 22.7. The molecule has 2 aromatic rings.